The van der Waals surface area contributed by atoms with Crippen molar-refractivity contribution in [3.8, 4) is 5.75 Å². The van der Waals surface area contributed by atoms with E-state index in [1.165, 1.54) is 17.7 Å². The molecular formula is C23H30N2O4S. The SMILES string of the molecule is CCOc1ccc(S(=O)(=O)N[C@H](C)C(=O)N2CCC(Cc3ccccc3)CC2)cc1. The molecule has 30 heavy (non-hydrogen) atoms. The van der Waals surface area contributed by atoms with Gasteiger partial charge in [0, 0.05) is 13.1 Å². The Bertz CT molecular complexity index is 921. The largest absolute Gasteiger partial charge is 0.494 e. The van der Waals surface area contributed by atoms with Gasteiger partial charge >= 0.3 is 0 Å². The van der Waals surface area contributed by atoms with Gasteiger partial charge in [0.25, 0.3) is 0 Å². The fourth-order valence-corrected chi connectivity index (χ4v) is 5.01. The normalized spacial score (nSPS) is 16.3. The lowest BCUT2D eigenvalue weighted by molar-refractivity contribution is -0.133. The average molecular weight is 431 g/mol. The zero-order valence-electron chi connectivity index (χ0n) is 17.6. The summed E-state index contributed by atoms with van der Waals surface area (Å²) in [5.41, 5.74) is 1.32. The van der Waals surface area contributed by atoms with E-state index < -0.39 is 16.1 Å². The van der Waals surface area contributed by atoms with Crippen LogP contribution in [-0.4, -0.2) is 45.0 Å². The molecule has 0 spiro atoms. The second-order valence-corrected chi connectivity index (χ2v) is 9.42. The number of ether oxygens (including phenoxy) is 1. The molecule has 3 rings (SSSR count). The van der Waals surface area contributed by atoms with Crippen LogP contribution in [0.2, 0.25) is 0 Å². The summed E-state index contributed by atoms with van der Waals surface area (Å²) in [5, 5.41) is 0. The van der Waals surface area contributed by atoms with Crippen molar-refractivity contribution < 1.29 is 17.9 Å². The molecular weight excluding hydrogens is 400 g/mol. The van der Waals surface area contributed by atoms with E-state index in [-0.39, 0.29) is 10.8 Å². The molecule has 0 bridgehead atoms. The zero-order chi connectivity index (χ0) is 21.6. The van der Waals surface area contributed by atoms with Crippen molar-refractivity contribution in [2.24, 2.45) is 5.92 Å². The minimum Gasteiger partial charge on any atom is -0.494 e. The molecule has 2 aromatic carbocycles. The van der Waals surface area contributed by atoms with Crippen LogP contribution >= 0.6 is 0 Å². The van der Waals surface area contributed by atoms with Gasteiger partial charge in [-0.3, -0.25) is 4.79 Å². The van der Waals surface area contributed by atoms with Crippen molar-refractivity contribution in [1.29, 1.82) is 0 Å². The Hall–Kier alpha value is -2.38. The molecule has 1 saturated heterocycles. The molecule has 162 valence electrons. The fourth-order valence-electron chi connectivity index (χ4n) is 3.81. The molecule has 1 aliphatic heterocycles. The van der Waals surface area contributed by atoms with Gasteiger partial charge in [-0.2, -0.15) is 4.72 Å². The van der Waals surface area contributed by atoms with Crippen LogP contribution in [0.3, 0.4) is 0 Å². The Kier molecular flexibility index (Phi) is 7.50. The van der Waals surface area contributed by atoms with E-state index in [2.05, 4.69) is 16.9 Å². The standard InChI is InChI=1S/C23H30N2O4S/c1-3-29-21-9-11-22(12-10-21)30(27,28)24-18(2)23(26)25-15-13-20(14-16-25)17-19-7-5-4-6-8-19/h4-12,18,20,24H,3,13-17H2,1-2H3/t18-/m1/s1. The van der Waals surface area contributed by atoms with Gasteiger partial charge < -0.3 is 9.64 Å². The number of piperidine rings is 1. The lowest BCUT2D eigenvalue weighted by Crippen LogP contribution is -2.49. The maximum absolute atomic E-state index is 12.8. The zero-order valence-corrected chi connectivity index (χ0v) is 18.4. The topological polar surface area (TPSA) is 75.7 Å². The summed E-state index contributed by atoms with van der Waals surface area (Å²) in [4.78, 5) is 14.7. The smallest absolute Gasteiger partial charge is 0.241 e. The van der Waals surface area contributed by atoms with E-state index >= 15 is 0 Å². The van der Waals surface area contributed by atoms with E-state index in [0.29, 0.717) is 31.4 Å². The van der Waals surface area contributed by atoms with Crippen molar-refractivity contribution in [3.63, 3.8) is 0 Å². The number of likely N-dealkylation sites (tertiary alicyclic amines) is 1. The van der Waals surface area contributed by atoms with Gasteiger partial charge in [0.15, 0.2) is 0 Å². The lowest BCUT2D eigenvalue weighted by atomic mass is 9.90. The summed E-state index contributed by atoms with van der Waals surface area (Å²) in [6.45, 7) is 5.29. The highest BCUT2D eigenvalue weighted by atomic mass is 32.2. The quantitative estimate of drug-likeness (QED) is 0.698. The van der Waals surface area contributed by atoms with E-state index in [4.69, 9.17) is 4.74 Å². The van der Waals surface area contributed by atoms with Crippen molar-refractivity contribution in [2.45, 2.75) is 44.0 Å². The second-order valence-electron chi connectivity index (χ2n) is 7.71. The van der Waals surface area contributed by atoms with Crippen LogP contribution < -0.4 is 9.46 Å². The maximum Gasteiger partial charge on any atom is 0.241 e. The number of nitrogens with zero attached hydrogens (tertiary/aromatic N) is 1. The van der Waals surface area contributed by atoms with Gasteiger partial charge in [0.2, 0.25) is 15.9 Å². The van der Waals surface area contributed by atoms with Crippen molar-refractivity contribution >= 4 is 15.9 Å². The van der Waals surface area contributed by atoms with Gasteiger partial charge in [-0.1, -0.05) is 30.3 Å². The predicted octanol–water partition coefficient (Wildman–Crippen LogP) is 3.23. The molecule has 1 atom stereocenters. The lowest BCUT2D eigenvalue weighted by Gasteiger charge is -2.33. The molecule has 0 saturated carbocycles. The molecule has 1 fully saturated rings. The first kappa shape index (κ1) is 22.3. The minimum absolute atomic E-state index is 0.118. The number of nitrogens with one attached hydrogen (secondary N) is 1. The molecule has 2 aromatic rings. The molecule has 0 aliphatic carbocycles. The minimum atomic E-state index is -3.78. The van der Waals surface area contributed by atoms with E-state index in [1.807, 2.05) is 25.1 Å². The maximum atomic E-state index is 12.8. The third-order valence-corrected chi connectivity index (χ3v) is 7.00. The van der Waals surface area contributed by atoms with Crippen LogP contribution in [0, 0.1) is 5.92 Å². The molecule has 7 heteroatoms. The van der Waals surface area contributed by atoms with E-state index in [1.54, 1.807) is 24.0 Å². The Labute approximate surface area is 179 Å². The third-order valence-electron chi connectivity index (χ3n) is 5.44. The first-order valence-corrected chi connectivity index (χ1v) is 11.9. The molecule has 1 N–H and O–H groups in total. The molecule has 6 nitrogen and oxygen atoms in total. The third kappa shape index (κ3) is 5.83. The molecule has 0 aromatic heterocycles. The van der Waals surface area contributed by atoms with Crippen molar-refractivity contribution in [1.82, 2.24) is 9.62 Å². The highest BCUT2D eigenvalue weighted by molar-refractivity contribution is 7.89. The Morgan fingerprint density at radius 2 is 1.73 bits per heavy atom. The number of hydrogen-bond acceptors (Lipinski definition) is 4. The van der Waals surface area contributed by atoms with Crippen LogP contribution in [0.4, 0.5) is 0 Å². The van der Waals surface area contributed by atoms with E-state index in [9.17, 15) is 13.2 Å². The Balaban J connectivity index is 1.53. The first-order valence-electron chi connectivity index (χ1n) is 10.5. The van der Waals surface area contributed by atoms with Crippen LogP contribution in [0.25, 0.3) is 0 Å². The molecule has 0 radical (unpaired) electrons. The first-order chi connectivity index (χ1) is 14.4. The van der Waals surface area contributed by atoms with Crippen LogP contribution in [0.5, 0.6) is 5.75 Å². The van der Waals surface area contributed by atoms with E-state index in [0.717, 1.165) is 19.3 Å². The molecule has 1 heterocycles. The number of benzene rings is 2. The highest BCUT2D eigenvalue weighted by Crippen LogP contribution is 2.22. The van der Waals surface area contributed by atoms with Crippen molar-refractivity contribution in [3.05, 3.63) is 60.2 Å². The number of carbonyl (C=O) groups is 1. The van der Waals surface area contributed by atoms with Gasteiger partial charge in [0.05, 0.1) is 17.5 Å². The summed E-state index contributed by atoms with van der Waals surface area (Å²) < 4.78 is 33.1. The van der Waals surface area contributed by atoms with Crippen LogP contribution in [-0.2, 0) is 21.2 Å². The van der Waals surface area contributed by atoms with Gasteiger partial charge in [-0.05, 0) is 68.9 Å². The monoisotopic (exact) mass is 430 g/mol. The summed E-state index contributed by atoms with van der Waals surface area (Å²) in [6.07, 6.45) is 2.88. The summed E-state index contributed by atoms with van der Waals surface area (Å²) >= 11 is 0. The predicted molar refractivity (Wildman–Crippen MR) is 117 cm³/mol. The highest BCUT2D eigenvalue weighted by Gasteiger charge is 2.29. The van der Waals surface area contributed by atoms with Gasteiger partial charge in [-0.25, -0.2) is 8.42 Å². The van der Waals surface area contributed by atoms with Crippen LogP contribution in [0.1, 0.15) is 32.3 Å². The number of hydrogen-bond donors (Lipinski definition) is 1. The number of amides is 1. The number of carbonyl (C=O) groups excluding carboxylic acids is 1. The number of sulfonamides is 1. The van der Waals surface area contributed by atoms with Crippen molar-refractivity contribution in [2.75, 3.05) is 19.7 Å². The Morgan fingerprint density at radius 3 is 2.33 bits per heavy atom. The fraction of sp³-hybridized carbons (Fsp3) is 0.435. The number of rotatable bonds is 8. The second kappa shape index (κ2) is 10.1. The van der Waals surface area contributed by atoms with Gasteiger partial charge in [-0.15, -0.1) is 0 Å². The molecule has 1 aliphatic rings. The Morgan fingerprint density at radius 1 is 1.10 bits per heavy atom. The average Bonchev–Trinajstić information content (AvgIpc) is 2.75. The summed E-state index contributed by atoms with van der Waals surface area (Å²) in [5.74, 6) is 0.980. The van der Waals surface area contributed by atoms with Gasteiger partial charge in [0.1, 0.15) is 5.75 Å². The summed E-state index contributed by atoms with van der Waals surface area (Å²) in [7, 11) is -3.78. The molecule has 0 unspecified atom stereocenters. The van der Waals surface area contributed by atoms with Crippen LogP contribution in [0.15, 0.2) is 59.5 Å². The molecule has 1 amide bonds. The summed E-state index contributed by atoms with van der Waals surface area (Å²) in [6, 6.07) is 15.8.